The number of alkyl halides is 2. The van der Waals surface area contributed by atoms with Crippen molar-refractivity contribution in [1.29, 1.82) is 0 Å². The van der Waals surface area contributed by atoms with E-state index >= 15 is 0 Å². The highest BCUT2D eigenvalue weighted by Crippen LogP contribution is 2.08. The molecule has 0 aliphatic carbocycles. The van der Waals surface area contributed by atoms with Crippen molar-refractivity contribution in [3.05, 3.63) is 10.5 Å². The summed E-state index contributed by atoms with van der Waals surface area (Å²) in [6.07, 6.45) is 0. The summed E-state index contributed by atoms with van der Waals surface area (Å²) >= 11 is 0. The zero-order valence-electron chi connectivity index (χ0n) is 8.07. The number of hydrogen-bond donors (Lipinski definition) is 0. The molecule has 7 heteroatoms. The second-order valence-electron chi connectivity index (χ2n) is 3.04. The maximum absolute atomic E-state index is 11.9. The summed E-state index contributed by atoms with van der Waals surface area (Å²) in [5.74, 6) is 0. The molecule has 1 aromatic rings. The van der Waals surface area contributed by atoms with Crippen molar-refractivity contribution in [3.63, 3.8) is 0 Å². The second kappa shape index (κ2) is 3.77. The van der Waals surface area contributed by atoms with Crippen LogP contribution in [0.5, 0.6) is 6.01 Å². The molecule has 0 aliphatic heterocycles. The quantitative estimate of drug-likeness (QED) is 0.735. The van der Waals surface area contributed by atoms with Crippen LogP contribution in [0.3, 0.4) is 0 Å². The van der Waals surface area contributed by atoms with Crippen molar-refractivity contribution in [2.45, 2.75) is 26.5 Å². The summed E-state index contributed by atoms with van der Waals surface area (Å²) in [7, 11) is 1.33. The first-order valence-electron chi connectivity index (χ1n) is 4.03. The van der Waals surface area contributed by atoms with E-state index in [0.29, 0.717) is 0 Å². The molecule has 0 spiro atoms. The molecule has 0 radical (unpaired) electrons. The summed E-state index contributed by atoms with van der Waals surface area (Å²) in [4.78, 5) is 11.4. The van der Waals surface area contributed by atoms with Crippen LogP contribution in [0.1, 0.15) is 19.9 Å². The van der Waals surface area contributed by atoms with Gasteiger partial charge >= 0.3 is 18.3 Å². The maximum atomic E-state index is 11.9. The van der Waals surface area contributed by atoms with E-state index in [1.54, 1.807) is 13.8 Å². The SMILES string of the molecule is CC(C)n1nc(OC(F)F)n(C)c1=O. The summed E-state index contributed by atoms with van der Waals surface area (Å²) in [5, 5.41) is 3.61. The number of rotatable bonds is 3. The van der Waals surface area contributed by atoms with Crippen LogP contribution in [0.2, 0.25) is 0 Å². The van der Waals surface area contributed by atoms with Crippen LogP contribution in [0, 0.1) is 0 Å². The first-order valence-corrected chi connectivity index (χ1v) is 4.03. The van der Waals surface area contributed by atoms with E-state index in [0.717, 1.165) is 9.25 Å². The van der Waals surface area contributed by atoms with Crippen LogP contribution in [-0.2, 0) is 7.05 Å². The van der Waals surface area contributed by atoms with Crippen LogP contribution < -0.4 is 10.4 Å². The molecule has 0 saturated heterocycles. The van der Waals surface area contributed by atoms with Gasteiger partial charge in [-0.2, -0.15) is 8.78 Å². The van der Waals surface area contributed by atoms with Gasteiger partial charge in [-0.15, -0.1) is 5.10 Å². The van der Waals surface area contributed by atoms with Crippen LogP contribution in [0.4, 0.5) is 8.78 Å². The Labute approximate surface area is 78.9 Å². The van der Waals surface area contributed by atoms with Crippen molar-refractivity contribution in [2.24, 2.45) is 7.05 Å². The van der Waals surface area contributed by atoms with Crippen molar-refractivity contribution >= 4 is 0 Å². The third-order valence-electron chi connectivity index (χ3n) is 1.65. The highest BCUT2D eigenvalue weighted by Gasteiger charge is 2.16. The number of nitrogens with zero attached hydrogens (tertiary/aromatic N) is 3. The molecule has 80 valence electrons. The lowest BCUT2D eigenvalue weighted by Crippen LogP contribution is -2.24. The van der Waals surface area contributed by atoms with Crippen molar-refractivity contribution in [3.8, 4) is 6.01 Å². The third kappa shape index (κ3) is 1.91. The number of aromatic nitrogens is 3. The van der Waals surface area contributed by atoms with E-state index in [1.807, 2.05) is 0 Å². The van der Waals surface area contributed by atoms with E-state index in [9.17, 15) is 13.6 Å². The molecule has 1 rings (SSSR count). The Bertz CT molecular complexity index is 370. The third-order valence-corrected chi connectivity index (χ3v) is 1.65. The molecule has 0 aromatic carbocycles. The standard InChI is InChI=1S/C7H11F2N3O2/c1-4(2)12-7(13)11(3)6(10-12)14-5(8)9/h4-5H,1-3H3. The second-order valence-corrected chi connectivity index (χ2v) is 3.04. The first kappa shape index (κ1) is 10.7. The molecule has 14 heavy (non-hydrogen) atoms. The maximum Gasteiger partial charge on any atom is 0.389 e. The van der Waals surface area contributed by atoms with Crippen LogP contribution in [-0.4, -0.2) is 21.0 Å². The molecule has 1 heterocycles. The summed E-state index contributed by atoms with van der Waals surface area (Å²) in [6.45, 7) is 0.470. The molecule has 0 N–H and O–H groups in total. The fourth-order valence-electron chi connectivity index (χ4n) is 0.956. The summed E-state index contributed by atoms with van der Waals surface area (Å²) < 4.78 is 29.8. The normalized spacial score (nSPS) is 11.4. The predicted molar refractivity (Wildman–Crippen MR) is 44.5 cm³/mol. The number of halogens is 2. The van der Waals surface area contributed by atoms with E-state index in [1.165, 1.54) is 7.05 Å². The van der Waals surface area contributed by atoms with Gasteiger partial charge in [0.15, 0.2) is 0 Å². The van der Waals surface area contributed by atoms with Gasteiger partial charge < -0.3 is 4.74 Å². The first-order chi connectivity index (χ1) is 6.43. The monoisotopic (exact) mass is 207 g/mol. The smallest absolute Gasteiger partial charge is 0.389 e. The molecule has 0 atom stereocenters. The van der Waals surface area contributed by atoms with Gasteiger partial charge in [0.1, 0.15) is 0 Å². The zero-order valence-corrected chi connectivity index (χ0v) is 8.07. The van der Waals surface area contributed by atoms with E-state index in [2.05, 4.69) is 9.84 Å². The molecular weight excluding hydrogens is 196 g/mol. The lowest BCUT2D eigenvalue weighted by molar-refractivity contribution is -0.0584. The zero-order chi connectivity index (χ0) is 10.9. The van der Waals surface area contributed by atoms with Gasteiger partial charge in [0.05, 0.1) is 6.04 Å². The van der Waals surface area contributed by atoms with E-state index in [-0.39, 0.29) is 12.1 Å². The molecule has 0 saturated carbocycles. The number of hydrogen-bond acceptors (Lipinski definition) is 3. The van der Waals surface area contributed by atoms with Gasteiger partial charge in [-0.1, -0.05) is 0 Å². The lowest BCUT2D eigenvalue weighted by Gasteiger charge is -2.01. The average Bonchev–Trinajstić information content (AvgIpc) is 2.32. The van der Waals surface area contributed by atoms with Gasteiger partial charge in [-0.3, -0.25) is 0 Å². The van der Waals surface area contributed by atoms with Crippen LogP contribution in [0.25, 0.3) is 0 Å². The van der Waals surface area contributed by atoms with Gasteiger partial charge in [-0.05, 0) is 13.8 Å². The largest absolute Gasteiger partial charge is 0.401 e. The Kier molecular flexibility index (Phi) is 2.87. The van der Waals surface area contributed by atoms with Gasteiger partial charge in [0, 0.05) is 7.05 Å². The van der Waals surface area contributed by atoms with Crippen LogP contribution in [0.15, 0.2) is 4.79 Å². The van der Waals surface area contributed by atoms with Crippen molar-refractivity contribution < 1.29 is 13.5 Å². The van der Waals surface area contributed by atoms with Gasteiger partial charge in [0.2, 0.25) is 0 Å². The Hall–Kier alpha value is -1.40. The molecular formula is C7H11F2N3O2. The van der Waals surface area contributed by atoms with Crippen molar-refractivity contribution in [1.82, 2.24) is 14.3 Å². The molecule has 0 bridgehead atoms. The minimum atomic E-state index is -2.98. The molecule has 1 aromatic heterocycles. The molecule has 0 unspecified atom stereocenters. The average molecular weight is 207 g/mol. The minimum absolute atomic E-state index is 0.191. The highest BCUT2D eigenvalue weighted by atomic mass is 19.3. The van der Waals surface area contributed by atoms with E-state index < -0.39 is 12.3 Å². The molecule has 0 amide bonds. The Morgan fingerprint density at radius 1 is 1.43 bits per heavy atom. The van der Waals surface area contributed by atoms with Gasteiger partial charge in [-0.25, -0.2) is 14.0 Å². The number of ether oxygens (including phenoxy) is 1. The molecule has 5 nitrogen and oxygen atoms in total. The Morgan fingerprint density at radius 2 is 2.00 bits per heavy atom. The molecule has 0 aliphatic rings. The molecule has 0 fully saturated rings. The van der Waals surface area contributed by atoms with E-state index in [4.69, 9.17) is 0 Å². The van der Waals surface area contributed by atoms with Gasteiger partial charge in [0.25, 0.3) is 0 Å². The minimum Gasteiger partial charge on any atom is -0.401 e. The van der Waals surface area contributed by atoms with Crippen molar-refractivity contribution in [2.75, 3.05) is 0 Å². The fraction of sp³-hybridized carbons (Fsp3) is 0.714. The Balaban J connectivity index is 3.09. The lowest BCUT2D eigenvalue weighted by atomic mass is 10.4. The Morgan fingerprint density at radius 3 is 2.36 bits per heavy atom. The summed E-state index contributed by atoms with van der Waals surface area (Å²) in [5.41, 5.74) is -0.476. The summed E-state index contributed by atoms with van der Waals surface area (Å²) in [6, 6.07) is -0.567. The highest BCUT2D eigenvalue weighted by molar-refractivity contribution is 4.93. The fourth-order valence-corrected chi connectivity index (χ4v) is 0.956. The topological polar surface area (TPSA) is 49.0 Å². The predicted octanol–water partition coefficient (Wildman–Crippen LogP) is 0.764. The van der Waals surface area contributed by atoms with Crippen LogP contribution >= 0.6 is 0 Å².